The molecule has 0 radical (unpaired) electrons. The van der Waals surface area contributed by atoms with Gasteiger partial charge in [0.15, 0.2) is 5.82 Å². The van der Waals surface area contributed by atoms with Crippen LogP contribution in [0.2, 0.25) is 0 Å². The molecule has 0 aliphatic rings. The first-order chi connectivity index (χ1) is 9.70. The Morgan fingerprint density at radius 1 is 1.10 bits per heavy atom. The fraction of sp³-hybridized carbons (Fsp3) is 0. The van der Waals surface area contributed by atoms with E-state index in [0.717, 1.165) is 12.1 Å². The zero-order chi connectivity index (χ0) is 15.8. The Morgan fingerprint density at radius 3 is 2.38 bits per heavy atom. The summed E-state index contributed by atoms with van der Waals surface area (Å²) in [5.74, 6) is -1.80. The van der Waals surface area contributed by atoms with E-state index in [1.54, 1.807) is 0 Å². The van der Waals surface area contributed by atoms with E-state index in [1.807, 2.05) is 4.72 Å². The lowest BCUT2D eigenvalue weighted by molar-refractivity contribution is 0.566. The molecule has 0 aromatic heterocycles. The Labute approximate surface area is 136 Å². The molecule has 0 saturated carbocycles. The highest BCUT2D eigenvalue weighted by molar-refractivity contribution is 9.10. The Bertz CT molecular complexity index is 813. The van der Waals surface area contributed by atoms with E-state index in [0.29, 0.717) is 4.47 Å². The van der Waals surface area contributed by atoms with Crippen molar-refractivity contribution in [1.29, 1.82) is 0 Å². The molecule has 0 unspecified atom stereocenters. The summed E-state index contributed by atoms with van der Waals surface area (Å²) in [6.45, 7) is 0. The number of halogens is 4. The summed E-state index contributed by atoms with van der Waals surface area (Å²) < 4.78 is 54.2. The SMILES string of the molecule is Nc1cc(Br)c(F)c(S(=O)(=O)Nc2ccc(Br)cc2F)c1. The maximum absolute atomic E-state index is 13.9. The van der Waals surface area contributed by atoms with Gasteiger partial charge in [-0.15, -0.1) is 0 Å². The molecule has 21 heavy (non-hydrogen) atoms. The third-order valence-electron chi connectivity index (χ3n) is 2.48. The minimum absolute atomic E-state index is 0.0555. The first-order valence-electron chi connectivity index (χ1n) is 5.43. The van der Waals surface area contributed by atoms with Crippen LogP contribution in [0.25, 0.3) is 0 Å². The van der Waals surface area contributed by atoms with E-state index < -0.39 is 26.6 Å². The zero-order valence-electron chi connectivity index (χ0n) is 10.2. The summed E-state index contributed by atoms with van der Waals surface area (Å²) in [7, 11) is -4.31. The molecule has 3 N–H and O–H groups in total. The van der Waals surface area contributed by atoms with Crippen molar-refractivity contribution in [2.24, 2.45) is 0 Å². The Morgan fingerprint density at radius 2 is 1.76 bits per heavy atom. The number of nitrogens with two attached hydrogens (primary N) is 1. The molecule has 0 aliphatic carbocycles. The van der Waals surface area contributed by atoms with Crippen molar-refractivity contribution in [2.75, 3.05) is 10.5 Å². The predicted molar refractivity (Wildman–Crippen MR) is 83.4 cm³/mol. The summed E-state index contributed by atoms with van der Waals surface area (Å²) in [6, 6.07) is 5.94. The van der Waals surface area contributed by atoms with E-state index in [1.165, 1.54) is 18.2 Å². The van der Waals surface area contributed by atoms with Crippen molar-refractivity contribution >= 4 is 53.3 Å². The van der Waals surface area contributed by atoms with E-state index in [-0.39, 0.29) is 15.8 Å². The second-order valence-electron chi connectivity index (χ2n) is 4.04. The molecule has 0 spiro atoms. The third kappa shape index (κ3) is 3.53. The van der Waals surface area contributed by atoms with Gasteiger partial charge < -0.3 is 5.73 Å². The van der Waals surface area contributed by atoms with Crippen LogP contribution in [0.3, 0.4) is 0 Å². The second-order valence-corrected chi connectivity index (χ2v) is 7.47. The third-order valence-corrected chi connectivity index (χ3v) is 4.92. The maximum atomic E-state index is 13.9. The highest BCUT2D eigenvalue weighted by atomic mass is 79.9. The summed E-state index contributed by atoms with van der Waals surface area (Å²) in [5, 5.41) is 0. The summed E-state index contributed by atoms with van der Waals surface area (Å²) in [5.41, 5.74) is 5.26. The summed E-state index contributed by atoms with van der Waals surface area (Å²) in [6.07, 6.45) is 0. The van der Waals surface area contributed by atoms with E-state index >= 15 is 0 Å². The van der Waals surface area contributed by atoms with Crippen LogP contribution in [0, 0.1) is 11.6 Å². The molecule has 0 saturated heterocycles. The van der Waals surface area contributed by atoms with Gasteiger partial charge in [-0.05, 0) is 46.3 Å². The van der Waals surface area contributed by atoms with Crippen LogP contribution in [0.1, 0.15) is 0 Å². The molecule has 0 fully saturated rings. The largest absolute Gasteiger partial charge is 0.399 e. The molecule has 2 aromatic carbocycles. The number of nitrogen functional groups attached to an aromatic ring is 1. The van der Waals surface area contributed by atoms with E-state index in [4.69, 9.17) is 5.73 Å². The smallest absolute Gasteiger partial charge is 0.265 e. The van der Waals surface area contributed by atoms with Crippen LogP contribution in [0.15, 0.2) is 44.2 Å². The zero-order valence-corrected chi connectivity index (χ0v) is 14.2. The van der Waals surface area contributed by atoms with Crippen LogP contribution < -0.4 is 10.5 Å². The molecule has 112 valence electrons. The summed E-state index contributed by atoms with van der Waals surface area (Å²) in [4.78, 5) is -0.670. The normalized spacial score (nSPS) is 11.4. The van der Waals surface area contributed by atoms with Gasteiger partial charge in [0.2, 0.25) is 0 Å². The number of anilines is 2. The molecule has 2 rings (SSSR count). The van der Waals surface area contributed by atoms with Crippen LogP contribution in [0.4, 0.5) is 20.2 Å². The van der Waals surface area contributed by atoms with Crippen molar-refractivity contribution in [1.82, 2.24) is 0 Å². The number of sulfonamides is 1. The van der Waals surface area contributed by atoms with Gasteiger partial charge in [0.05, 0.1) is 10.2 Å². The Hall–Kier alpha value is -1.19. The number of nitrogens with one attached hydrogen (secondary N) is 1. The van der Waals surface area contributed by atoms with Crippen molar-refractivity contribution < 1.29 is 17.2 Å². The first kappa shape index (κ1) is 16.2. The molecule has 4 nitrogen and oxygen atoms in total. The van der Waals surface area contributed by atoms with Gasteiger partial charge in [-0.1, -0.05) is 15.9 Å². The lowest BCUT2D eigenvalue weighted by Gasteiger charge is -2.11. The number of benzene rings is 2. The average Bonchev–Trinajstić information content (AvgIpc) is 2.37. The van der Waals surface area contributed by atoms with Gasteiger partial charge in [0.25, 0.3) is 10.0 Å². The minimum atomic E-state index is -4.31. The molecular formula is C12H8Br2F2N2O2S. The lowest BCUT2D eigenvalue weighted by atomic mass is 10.3. The fourth-order valence-corrected chi connectivity index (χ4v) is 3.70. The van der Waals surface area contributed by atoms with Crippen molar-refractivity contribution in [3.63, 3.8) is 0 Å². The molecule has 0 atom stereocenters. The molecule has 0 aliphatic heterocycles. The predicted octanol–water partition coefficient (Wildman–Crippen LogP) is 3.87. The molecule has 0 amide bonds. The van der Waals surface area contributed by atoms with Crippen molar-refractivity contribution in [3.8, 4) is 0 Å². The van der Waals surface area contributed by atoms with Gasteiger partial charge in [-0.25, -0.2) is 17.2 Å². The highest BCUT2D eigenvalue weighted by Gasteiger charge is 2.23. The lowest BCUT2D eigenvalue weighted by Crippen LogP contribution is -2.16. The van der Waals surface area contributed by atoms with Crippen LogP contribution in [-0.2, 0) is 10.0 Å². The van der Waals surface area contributed by atoms with Gasteiger partial charge in [0, 0.05) is 10.2 Å². The van der Waals surface area contributed by atoms with Gasteiger partial charge in [-0.3, -0.25) is 4.72 Å². The Balaban J connectivity index is 2.48. The fourth-order valence-electron chi connectivity index (χ4n) is 1.55. The average molecular weight is 442 g/mol. The standard InChI is InChI=1S/C12H8Br2F2N2O2S/c13-6-1-2-10(9(15)3-6)18-21(19,20)11-5-7(17)4-8(14)12(11)16/h1-5,18H,17H2. The highest BCUT2D eigenvalue weighted by Crippen LogP contribution is 2.28. The topological polar surface area (TPSA) is 72.2 Å². The van der Waals surface area contributed by atoms with E-state index in [9.17, 15) is 17.2 Å². The molecule has 0 heterocycles. The van der Waals surface area contributed by atoms with Crippen LogP contribution in [-0.4, -0.2) is 8.42 Å². The van der Waals surface area contributed by atoms with Crippen LogP contribution >= 0.6 is 31.9 Å². The quantitative estimate of drug-likeness (QED) is 0.710. The molecule has 2 aromatic rings. The number of hydrogen-bond donors (Lipinski definition) is 2. The van der Waals surface area contributed by atoms with E-state index in [2.05, 4.69) is 31.9 Å². The Kier molecular flexibility index (Phi) is 4.54. The van der Waals surface area contributed by atoms with Gasteiger partial charge in [-0.2, -0.15) is 0 Å². The number of hydrogen-bond acceptors (Lipinski definition) is 3. The monoisotopic (exact) mass is 440 g/mol. The van der Waals surface area contributed by atoms with Gasteiger partial charge in [0.1, 0.15) is 10.7 Å². The van der Waals surface area contributed by atoms with Crippen molar-refractivity contribution in [2.45, 2.75) is 4.90 Å². The molecule has 0 bridgehead atoms. The number of rotatable bonds is 3. The van der Waals surface area contributed by atoms with Gasteiger partial charge >= 0.3 is 0 Å². The minimum Gasteiger partial charge on any atom is -0.399 e. The first-order valence-corrected chi connectivity index (χ1v) is 8.50. The second kappa shape index (κ2) is 5.90. The van der Waals surface area contributed by atoms with Crippen molar-refractivity contribution in [3.05, 3.63) is 50.9 Å². The maximum Gasteiger partial charge on any atom is 0.265 e. The molecule has 9 heteroatoms. The molecular weight excluding hydrogens is 434 g/mol. The van der Waals surface area contributed by atoms with Crippen LogP contribution in [0.5, 0.6) is 0 Å². The summed E-state index contributed by atoms with van der Waals surface area (Å²) >= 11 is 5.92.